The van der Waals surface area contributed by atoms with Crippen LogP contribution in [0.2, 0.25) is 0 Å². The number of halogens is 3. The van der Waals surface area contributed by atoms with E-state index in [4.69, 9.17) is 0 Å². The van der Waals surface area contributed by atoms with Gasteiger partial charge in [0.15, 0.2) is 17.5 Å². The van der Waals surface area contributed by atoms with Crippen molar-refractivity contribution >= 4 is 5.69 Å². The summed E-state index contributed by atoms with van der Waals surface area (Å²) in [7, 11) is 0. The lowest BCUT2D eigenvalue weighted by Gasteiger charge is -2.33. The van der Waals surface area contributed by atoms with Gasteiger partial charge >= 0.3 is 0 Å². The van der Waals surface area contributed by atoms with Gasteiger partial charge in [-0.1, -0.05) is 13.8 Å². The molecule has 0 amide bonds. The third-order valence-corrected chi connectivity index (χ3v) is 3.99. The van der Waals surface area contributed by atoms with Gasteiger partial charge in [0.25, 0.3) is 0 Å². The fraction of sp³-hybridized carbons (Fsp3) is 0.571. The second kappa shape index (κ2) is 5.21. The molecule has 1 aliphatic rings. The van der Waals surface area contributed by atoms with Crippen LogP contribution in [0.4, 0.5) is 18.9 Å². The van der Waals surface area contributed by atoms with Crippen molar-refractivity contribution < 1.29 is 13.2 Å². The standard InChI is InChI=1S/C14H18F3N/c1-8-3-4-10(7-9(8)2)18-12-6-5-11(15)13(16)14(12)17/h5-6,8-10,18H,3-4,7H2,1-2H3. The quantitative estimate of drug-likeness (QED) is 0.777. The summed E-state index contributed by atoms with van der Waals surface area (Å²) >= 11 is 0. The maximum atomic E-state index is 13.5. The Morgan fingerprint density at radius 1 is 1.00 bits per heavy atom. The Bertz CT molecular complexity index is 433. The van der Waals surface area contributed by atoms with Crippen LogP contribution in [-0.2, 0) is 0 Å². The molecule has 1 N–H and O–H groups in total. The zero-order valence-electron chi connectivity index (χ0n) is 10.6. The van der Waals surface area contributed by atoms with Crippen LogP contribution in [0.25, 0.3) is 0 Å². The highest BCUT2D eigenvalue weighted by Crippen LogP contribution is 2.31. The Hall–Kier alpha value is -1.19. The fourth-order valence-corrected chi connectivity index (χ4v) is 2.54. The lowest BCUT2D eigenvalue weighted by Crippen LogP contribution is -2.30. The Morgan fingerprint density at radius 3 is 2.39 bits per heavy atom. The lowest BCUT2D eigenvalue weighted by atomic mass is 9.79. The molecule has 0 aromatic heterocycles. The molecule has 1 aliphatic carbocycles. The third kappa shape index (κ3) is 2.62. The maximum Gasteiger partial charge on any atom is 0.196 e. The highest BCUT2D eigenvalue weighted by Gasteiger charge is 2.25. The van der Waals surface area contributed by atoms with Crippen LogP contribution in [0.5, 0.6) is 0 Å². The minimum absolute atomic E-state index is 0.0562. The highest BCUT2D eigenvalue weighted by atomic mass is 19.2. The summed E-state index contributed by atoms with van der Waals surface area (Å²) in [6, 6.07) is 2.35. The molecule has 3 atom stereocenters. The molecule has 4 heteroatoms. The average Bonchev–Trinajstić information content (AvgIpc) is 2.34. The summed E-state index contributed by atoms with van der Waals surface area (Å²) in [5.74, 6) is -2.45. The van der Waals surface area contributed by atoms with Gasteiger partial charge in [-0.2, -0.15) is 0 Å². The lowest BCUT2D eigenvalue weighted by molar-refractivity contribution is 0.260. The topological polar surface area (TPSA) is 12.0 Å². The predicted octanol–water partition coefficient (Wildman–Crippen LogP) is 4.34. The smallest absolute Gasteiger partial charge is 0.196 e. The monoisotopic (exact) mass is 257 g/mol. The van der Waals surface area contributed by atoms with Crippen molar-refractivity contribution in [3.63, 3.8) is 0 Å². The van der Waals surface area contributed by atoms with Crippen LogP contribution in [0.1, 0.15) is 33.1 Å². The molecule has 1 nitrogen and oxygen atoms in total. The first kappa shape index (κ1) is 13.2. The van der Waals surface area contributed by atoms with E-state index >= 15 is 0 Å². The molecule has 0 radical (unpaired) electrons. The normalized spacial score (nSPS) is 28.2. The minimum atomic E-state index is -1.41. The van der Waals surface area contributed by atoms with Gasteiger partial charge in [0.2, 0.25) is 0 Å². The zero-order chi connectivity index (χ0) is 13.3. The highest BCUT2D eigenvalue weighted by molar-refractivity contribution is 5.46. The van der Waals surface area contributed by atoms with E-state index in [9.17, 15) is 13.2 Å². The predicted molar refractivity (Wildman–Crippen MR) is 65.9 cm³/mol. The van der Waals surface area contributed by atoms with Crippen LogP contribution in [0.3, 0.4) is 0 Å². The molecule has 100 valence electrons. The van der Waals surface area contributed by atoms with Gasteiger partial charge in [0, 0.05) is 6.04 Å². The third-order valence-electron chi connectivity index (χ3n) is 3.99. The second-order valence-corrected chi connectivity index (χ2v) is 5.33. The number of hydrogen-bond acceptors (Lipinski definition) is 1. The van der Waals surface area contributed by atoms with Gasteiger partial charge in [-0.05, 0) is 43.2 Å². The van der Waals surface area contributed by atoms with E-state index < -0.39 is 17.5 Å². The summed E-state index contributed by atoms with van der Waals surface area (Å²) in [5, 5.41) is 2.99. The van der Waals surface area contributed by atoms with E-state index in [0.717, 1.165) is 25.3 Å². The summed E-state index contributed by atoms with van der Waals surface area (Å²) < 4.78 is 39.4. The van der Waals surface area contributed by atoms with Gasteiger partial charge in [-0.25, -0.2) is 13.2 Å². The summed E-state index contributed by atoms with van der Waals surface area (Å²) in [5.41, 5.74) is 0.0562. The Labute approximate surface area is 105 Å². The van der Waals surface area contributed by atoms with Crippen LogP contribution in [0.15, 0.2) is 12.1 Å². The number of nitrogens with one attached hydrogen (secondary N) is 1. The van der Waals surface area contributed by atoms with Crippen molar-refractivity contribution in [2.24, 2.45) is 11.8 Å². The first-order valence-corrected chi connectivity index (χ1v) is 6.39. The van der Waals surface area contributed by atoms with E-state index in [2.05, 4.69) is 19.2 Å². The largest absolute Gasteiger partial charge is 0.380 e. The van der Waals surface area contributed by atoms with Crippen molar-refractivity contribution in [2.45, 2.75) is 39.2 Å². The van der Waals surface area contributed by atoms with Gasteiger partial charge < -0.3 is 5.32 Å². The molecular weight excluding hydrogens is 239 g/mol. The van der Waals surface area contributed by atoms with E-state index in [1.54, 1.807) is 0 Å². The number of hydrogen-bond donors (Lipinski definition) is 1. The van der Waals surface area contributed by atoms with Crippen LogP contribution in [0, 0.1) is 29.3 Å². The first-order chi connectivity index (χ1) is 8.49. The van der Waals surface area contributed by atoms with Gasteiger partial charge in [0.1, 0.15) is 0 Å². The molecule has 1 aromatic rings. The number of benzene rings is 1. The van der Waals surface area contributed by atoms with Crippen LogP contribution < -0.4 is 5.32 Å². The molecule has 1 aromatic carbocycles. The minimum Gasteiger partial charge on any atom is -0.380 e. The molecule has 0 spiro atoms. The van der Waals surface area contributed by atoms with Crippen molar-refractivity contribution in [3.8, 4) is 0 Å². The maximum absolute atomic E-state index is 13.5. The Kier molecular flexibility index (Phi) is 3.83. The van der Waals surface area contributed by atoms with Crippen molar-refractivity contribution in [3.05, 3.63) is 29.6 Å². The first-order valence-electron chi connectivity index (χ1n) is 6.39. The molecule has 0 bridgehead atoms. The fourth-order valence-electron chi connectivity index (χ4n) is 2.54. The van der Waals surface area contributed by atoms with E-state index in [0.29, 0.717) is 11.8 Å². The molecule has 2 rings (SSSR count). The molecule has 0 heterocycles. The molecule has 0 saturated heterocycles. The van der Waals surface area contributed by atoms with E-state index in [1.807, 2.05) is 0 Å². The Morgan fingerprint density at radius 2 is 1.72 bits per heavy atom. The van der Waals surface area contributed by atoms with Gasteiger partial charge in [-0.15, -0.1) is 0 Å². The van der Waals surface area contributed by atoms with Crippen molar-refractivity contribution in [2.75, 3.05) is 5.32 Å². The Balaban J connectivity index is 2.08. The van der Waals surface area contributed by atoms with Crippen LogP contribution in [-0.4, -0.2) is 6.04 Å². The SMILES string of the molecule is CC1CCC(Nc2ccc(F)c(F)c2F)CC1C. The van der Waals surface area contributed by atoms with Crippen molar-refractivity contribution in [1.29, 1.82) is 0 Å². The molecule has 18 heavy (non-hydrogen) atoms. The van der Waals surface area contributed by atoms with E-state index in [1.165, 1.54) is 6.07 Å². The van der Waals surface area contributed by atoms with Crippen LogP contribution >= 0.6 is 0 Å². The number of rotatable bonds is 2. The van der Waals surface area contributed by atoms with Crippen molar-refractivity contribution in [1.82, 2.24) is 0 Å². The molecule has 0 aliphatic heterocycles. The summed E-state index contributed by atoms with van der Waals surface area (Å²) in [6.45, 7) is 4.37. The summed E-state index contributed by atoms with van der Waals surface area (Å²) in [4.78, 5) is 0. The molecular formula is C14H18F3N. The average molecular weight is 257 g/mol. The number of anilines is 1. The van der Waals surface area contributed by atoms with Gasteiger partial charge in [-0.3, -0.25) is 0 Å². The van der Waals surface area contributed by atoms with E-state index in [-0.39, 0.29) is 11.7 Å². The molecule has 1 fully saturated rings. The summed E-state index contributed by atoms with van der Waals surface area (Å²) in [6.07, 6.45) is 2.94. The van der Waals surface area contributed by atoms with Gasteiger partial charge in [0.05, 0.1) is 5.69 Å². The zero-order valence-corrected chi connectivity index (χ0v) is 10.6. The second-order valence-electron chi connectivity index (χ2n) is 5.33. The molecule has 3 unspecified atom stereocenters. The molecule has 1 saturated carbocycles.